The third kappa shape index (κ3) is 3.72. The van der Waals surface area contributed by atoms with Gasteiger partial charge in [-0.1, -0.05) is 109 Å². The van der Waals surface area contributed by atoms with E-state index in [1.807, 2.05) is 91.0 Å². The molecule has 148 valence electrons. The van der Waals surface area contributed by atoms with Crippen molar-refractivity contribution in [3.63, 3.8) is 0 Å². The Labute approximate surface area is 181 Å². The fraction of sp³-hybridized carbons (Fsp3) is 0. The maximum atomic E-state index is 13.2. The molecular weight excluding hydrogens is 378 g/mol. The summed E-state index contributed by atoms with van der Waals surface area (Å²) >= 11 is 0. The molecule has 0 aliphatic carbocycles. The number of ketones is 1. The van der Waals surface area contributed by atoms with Crippen molar-refractivity contribution in [3.05, 3.63) is 139 Å². The second-order valence-corrected chi connectivity index (χ2v) is 7.42. The van der Waals surface area contributed by atoms with E-state index < -0.39 is 0 Å². The van der Waals surface area contributed by atoms with Crippen LogP contribution in [0.1, 0.15) is 15.9 Å². The van der Waals surface area contributed by atoms with Crippen LogP contribution in [0, 0.1) is 0 Å². The van der Waals surface area contributed by atoms with Crippen LogP contribution in [0.5, 0.6) is 0 Å². The van der Waals surface area contributed by atoms with Crippen LogP contribution in [0.15, 0.2) is 127 Å². The normalized spacial score (nSPS) is 11.5. The van der Waals surface area contributed by atoms with Gasteiger partial charge in [0.25, 0.3) is 0 Å². The van der Waals surface area contributed by atoms with Crippen molar-refractivity contribution < 1.29 is 4.79 Å². The lowest BCUT2D eigenvalue weighted by Gasteiger charge is -2.16. The summed E-state index contributed by atoms with van der Waals surface area (Å²) in [4.78, 5) is 13.2. The molecule has 0 fully saturated rings. The molecule has 0 saturated carbocycles. The molecule has 0 bridgehead atoms. The van der Waals surface area contributed by atoms with E-state index in [0.29, 0.717) is 5.56 Å². The van der Waals surface area contributed by atoms with Crippen molar-refractivity contribution in [1.82, 2.24) is 4.57 Å². The second kappa shape index (κ2) is 8.29. The summed E-state index contributed by atoms with van der Waals surface area (Å²) in [5, 5.41) is 1.13. The molecule has 1 aromatic heterocycles. The van der Waals surface area contributed by atoms with E-state index >= 15 is 0 Å². The van der Waals surface area contributed by atoms with Crippen molar-refractivity contribution in [2.45, 2.75) is 0 Å². The van der Waals surface area contributed by atoms with Gasteiger partial charge >= 0.3 is 0 Å². The van der Waals surface area contributed by atoms with Gasteiger partial charge in [0.1, 0.15) is 0 Å². The molecule has 0 radical (unpaired) electrons. The van der Waals surface area contributed by atoms with Gasteiger partial charge in [-0.05, 0) is 23.3 Å². The Morgan fingerprint density at radius 3 is 1.84 bits per heavy atom. The molecule has 1 heterocycles. The minimum atomic E-state index is -0.0174. The molecule has 2 heteroatoms. The first-order valence-corrected chi connectivity index (χ1v) is 10.3. The molecule has 5 aromatic rings. The SMILES string of the molecule is O=C(/C=C(/c1ccccc1)n1c(-c2ccccc2)cc2ccccc21)c1ccccc1. The summed E-state index contributed by atoms with van der Waals surface area (Å²) < 4.78 is 2.20. The molecule has 0 N–H and O–H groups in total. The first kappa shape index (κ1) is 18.8. The summed E-state index contributed by atoms with van der Waals surface area (Å²) in [6, 6.07) is 40.3. The lowest BCUT2D eigenvalue weighted by molar-refractivity contribution is 0.104. The van der Waals surface area contributed by atoms with Crippen molar-refractivity contribution in [1.29, 1.82) is 0 Å². The third-order valence-electron chi connectivity index (χ3n) is 5.42. The lowest BCUT2D eigenvalue weighted by Crippen LogP contribution is -2.05. The summed E-state index contributed by atoms with van der Waals surface area (Å²) in [6.07, 6.45) is 1.75. The standard InChI is InChI=1S/C29H21NO/c31-29(24-16-8-3-9-17-24)21-28(23-14-6-2-7-15-23)30-26-19-11-10-18-25(26)20-27(30)22-12-4-1-5-13-22/h1-21H/b28-21-. The van der Waals surface area contributed by atoms with Crippen molar-refractivity contribution in [3.8, 4) is 11.3 Å². The fourth-order valence-corrected chi connectivity index (χ4v) is 3.93. The number of para-hydroxylation sites is 1. The minimum absolute atomic E-state index is 0.0174. The molecule has 0 atom stereocenters. The van der Waals surface area contributed by atoms with Crippen LogP contribution in [-0.4, -0.2) is 10.4 Å². The average molecular weight is 399 g/mol. The van der Waals surface area contributed by atoms with E-state index in [0.717, 1.165) is 33.4 Å². The number of carbonyl (C=O) groups is 1. The van der Waals surface area contributed by atoms with Gasteiger partial charge in [0.2, 0.25) is 0 Å². The van der Waals surface area contributed by atoms with Crippen molar-refractivity contribution in [2.75, 3.05) is 0 Å². The van der Waals surface area contributed by atoms with E-state index in [2.05, 4.69) is 34.9 Å². The lowest BCUT2D eigenvalue weighted by atomic mass is 10.1. The van der Waals surface area contributed by atoms with Gasteiger partial charge < -0.3 is 4.57 Å². The quantitative estimate of drug-likeness (QED) is 0.229. The number of fused-ring (bicyclic) bond motifs is 1. The Kier molecular flexibility index (Phi) is 5.04. The Balaban J connectivity index is 1.79. The summed E-state index contributed by atoms with van der Waals surface area (Å²) in [6.45, 7) is 0. The second-order valence-electron chi connectivity index (χ2n) is 7.42. The number of hydrogen-bond acceptors (Lipinski definition) is 1. The monoisotopic (exact) mass is 399 g/mol. The average Bonchev–Trinajstić information content (AvgIpc) is 3.23. The van der Waals surface area contributed by atoms with E-state index in [1.54, 1.807) is 6.08 Å². The smallest absolute Gasteiger partial charge is 0.187 e. The van der Waals surface area contributed by atoms with Gasteiger partial charge in [-0.15, -0.1) is 0 Å². The number of nitrogens with zero attached hydrogens (tertiary/aromatic N) is 1. The van der Waals surface area contributed by atoms with E-state index in [9.17, 15) is 4.79 Å². The largest absolute Gasteiger partial charge is 0.309 e. The van der Waals surface area contributed by atoms with Crippen molar-refractivity contribution >= 4 is 22.4 Å². The number of benzene rings is 4. The molecule has 0 aliphatic heterocycles. The molecule has 0 spiro atoms. The Hall–Kier alpha value is -4.17. The van der Waals surface area contributed by atoms with Gasteiger partial charge in [-0.25, -0.2) is 0 Å². The molecule has 0 unspecified atom stereocenters. The maximum Gasteiger partial charge on any atom is 0.187 e. The topological polar surface area (TPSA) is 22.0 Å². The highest BCUT2D eigenvalue weighted by atomic mass is 16.1. The zero-order valence-electron chi connectivity index (χ0n) is 17.0. The molecule has 31 heavy (non-hydrogen) atoms. The van der Waals surface area contributed by atoms with Gasteiger partial charge in [0.15, 0.2) is 5.78 Å². The first-order valence-electron chi connectivity index (χ1n) is 10.3. The van der Waals surface area contributed by atoms with Gasteiger partial charge in [0.05, 0.1) is 16.9 Å². The maximum absolute atomic E-state index is 13.2. The number of hydrogen-bond donors (Lipinski definition) is 0. The van der Waals surface area contributed by atoms with Crippen LogP contribution in [-0.2, 0) is 0 Å². The summed E-state index contributed by atoms with van der Waals surface area (Å²) in [5.41, 5.74) is 5.75. The molecule has 0 amide bonds. The number of allylic oxidation sites excluding steroid dienone is 1. The zero-order chi connectivity index (χ0) is 21.0. The molecule has 0 aliphatic rings. The third-order valence-corrected chi connectivity index (χ3v) is 5.42. The summed E-state index contributed by atoms with van der Waals surface area (Å²) in [5.74, 6) is -0.0174. The van der Waals surface area contributed by atoms with Crippen molar-refractivity contribution in [2.24, 2.45) is 0 Å². The minimum Gasteiger partial charge on any atom is -0.309 e. The van der Waals surface area contributed by atoms with Crippen LogP contribution in [0.3, 0.4) is 0 Å². The Bertz CT molecular complexity index is 1360. The number of aromatic nitrogens is 1. The highest BCUT2D eigenvalue weighted by Gasteiger charge is 2.17. The highest BCUT2D eigenvalue weighted by Crippen LogP contribution is 2.34. The van der Waals surface area contributed by atoms with Gasteiger partial charge in [0, 0.05) is 17.0 Å². The summed E-state index contributed by atoms with van der Waals surface area (Å²) in [7, 11) is 0. The number of rotatable bonds is 5. The van der Waals surface area contributed by atoms with Gasteiger partial charge in [-0.3, -0.25) is 4.79 Å². The van der Waals surface area contributed by atoms with E-state index in [-0.39, 0.29) is 5.78 Å². The highest BCUT2D eigenvalue weighted by molar-refractivity contribution is 6.09. The predicted molar refractivity (Wildman–Crippen MR) is 128 cm³/mol. The van der Waals surface area contributed by atoms with E-state index in [4.69, 9.17) is 0 Å². The molecular formula is C29H21NO. The molecule has 2 nitrogen and oxygen atoms in total. The molecule has 0 saturated heterocycles. The van der Waals surface area contributed by atoms with Crippen LogP contribution in [0.25, 0.3) is 27.9 Å². The van der Waals surface area contributed by atoms with Crippen LogP contribution in [0.4, 0.5) is 0 Å². The number of carbonyl (C=O) groups excluding carboxylic acids is 1. The molecule has 4 aromatic carbocycles. The van der Waals surface area contributed by atoms with E-state index in [1.165, 1.54) is 0 Å². The predicted octanol–water partition coefficient (Wildman–Crippen LogP) is 7.08. The first-order chi connectivity index (χ1) is 15.3. The Morgan fingerprint density at radius 1 is 0.613 bits per heavy atom. The van der Waals surface area contributed by atoms with Gasteiger partial charge in [-0.2, -0.15) is 0 Å². The van der Waals surface area contributed by atoms with Crippen LogP contribution >= 0.6 is 0 Å². The zero-order valence-corrected chi connectivity index (χ0v) is 17.0. The molecule has 5 rings (SSSR count). The fourth-order valence-electron chi connectivity index (χ4n) is 3.93. The van der Waals surface area contributed by atoms with Crippen LogP contribution < -0.4 is 0 Å². The van der Waals surface area contributed by atoms with Crippen LogP contribution in [0.2, 0.25) is 0 Å². The Morgan fingerprint density at radius 2 is 1.16 bits per heavy atom.